The minimum Gasteiger partial charge on any atom is -0.468 e. The van der Waals surface area contributed by atoms with Crippen molar-refractivity contribution in [2.75, 3.05) is 12.9 Å². The maximum absolute atomic E-state index is 12.6. The normalized spacial score (nSPS) is 16.4. The van der Waals surface area contributed by atoms with Crippen molar-refractivity contribution in [3.05, 3.63) is 52.3 Å². The Morgan fingerprint density at radius 1 is 1.30 bits per heavy atom. The summed E-state index contributed by atoms with van der Waals surface area (Å²) in [5.74, 6) is 0.265. The van der Waals surface area contributed by atoms with Crippen molar-refractivity contribution in [1.29, 1.82) is 0 Å². The molecule has 0 radical (unpaired) electrons. The Bertz CT molecular complexity index is 1040. The van der Waals surface area contributed by atoms with Crippen molar-refractivity contribution in [3.63, 3.8) is 0 Å². The van der Waals surface area contributed by atoms with Crippen molar-refractivity contribution in [2.45, 2.75) is 23.9 Å². The summed E-state index contributed by atoms with van der Waals surface area (Å²) in [5, 5.41) is 5.36. The molecule has 1 aliphatic rings. The van der Waals surface area contributed by atoms with Gasteiger partial charge in [0.2, 0.25) is 5.16 Å². The number of hydrogen-bond acceptors (Lipinski definition) is 7. The third kappa shape index (κ3) is 3.68. The van der Waals surface area contributed by atoms with Crippen molar-refractivity contribution in [1.82, 2.24) is 19.6 Å². The third-order valence-electron chi connectivity index (χ3n) is 4.45. The Balaban J connectivity index is 1.62. The second kappa shape index (κ2) is 7.28. The van der Waals surface area contributed by atoms with Crippen molar-refractivity contribution >= 4 is 40.9 Å². The molecule has 1 aliphatic carbocycles. The van der Waals surface area contributed by atoms with Gasteiger partial charge in [0.25, 0.3) is 5.78 Å². The summed E-state index contributed by atoms with van der Waals surface area (Å²) < 4.78 is 6.10. The van der Waals surface area contributed by atoms with Gasteiger partial charge in [0, 0.05) is 17.6 Å². The van der Waals surface area contributed by atoms with Gasteiger partial charge in [-0.3, -0.25) is 9.59 Å². The van der Waals surface area contributed by atoms with E-state index in [1.54, 1.807) is 6.20 Å². The molecule has 0 N–H and O–H groups in total. The monoisotopic (exact) mass is 402 g/mol. The number of carbonyl (C=O) groups is 2. The number of aromatic nitrogens is 4. The lowest BCUT2D eigenvalue weighted by molar-refractivity contribution is -0.137. The second-order valence-electron chi connectivity index (χ2n) is 6.18. The number of carbonyl (C=O) groups excluding carboxylic acids is 2. The molecule has 2 aromatic heterocycles. The summed E-state index contributed by atoms with van der Waals surface area (Å²) in [7, 11) is 1.33. The van der Waals surface area contributed by atoms with Crippen LogP contribution in [0.15, 0.2) is 35.6 Å². The van der Waals surface area contributed by atoms with E-state index in [1.807, 2.05) is 24.3 Å². The van der Waals surface area contributed by atoms with Gasteiger partial charge in [0.05, 0.1) is 24.1 Å². The fourth-order valence-electron chi connectivity index (χ4n) is 3.08. The van der Waals surface area contributed by atoms with Gasteiger partial charge in [-0.25, -0.2) is 9.50 Å². The molecule has 0 saturated heterocycles. The number of Topliss-reactive ketones (excluding diaryl/α,β-unsaturated/α-hetero) is 1. The Morgan fingerprint density at radius 2 is 2.07 bits per heavy atom. The topological polar surface area (TPSA) is 86.4 Å². The molecule has 2 heterocycles. The van der Waals surface area contributed by atoms with E-state index in [9.17, 15) is 9.59 Å². The zero-order valence-corrected chi connectivity index (χ0v) is 16.0. The Labute approximate surface area is 164 Å². The average molecular weight is 403 g/mol. The number of fused-ring (bicyclic) bond motifs is 2. The molecule has 0 saturated carbocycles. The molecule has 27 heavy (non-hydrogen) atoms. The molecule has 3 aromatic rings. The Hall–Kier alpha value is -2.45. The van der Waals surface area contributed by atoms with Gasteiger partial charge < -0.3 is 4.74 Å². The molecule has 0 spiro atoms. The van der Waals surface area contributed by atoms with E-state index in [1.165, 1.54) is 23.4 Å². The maximum Gasteiger partial charge on any atom is 0.316 e. The lowest BCUT2D eigenvalue weighted by atomic mass is 9.82. The van der Waals surface area contributed by atoms with Crippen LogP contribution in [0.4, 0.5) is 0 Å². The number of esters is 1. The molecule has 9 heteroatoms. The van der Waals surface area contributed by atoms with Crippen LogP contribution >= 0.6 is 23.4 Å². The van der Waals surface area contributed by atoms with E-state index < -0.39 is 0 Å². The van der Waals surface area contributed by atoms with Gasteiger partial charge in [0.1, 0.15) is 0 Å². The number of hydrogen-bond donors (Lipinski definition) is 0. The van der Waals surface area contributed by atoms with Crippen molar-refractivity contribution < 1.29 is 14.3 Å². The standard InChI is InChI=1S/C18H15ClN4O3S/c1-26-16(25)9-27-18-21-17-20-14-6-11(10-2-4-12(19)5-3-10)7-15(24)13(14)8-23(17)22-18/h2-5,8,11H,6-7,9H2,1H3/t11-/m1/s1. The molecule has 0 aliphatic heterocycles. The average Bonchev–Trinajstić information content (AvgIpc) is 3.07. The smallest absolute Gasteiger partial charge is 0.316 e. The Kier molecular flexibility index (Phi) is 4.84. The van der Waals surface area contributed by atoms with Crippen LogP contribution in [0.25, 0.3) is 5.78 Å². The first-order valence-electron chi connectivity index (χ1n) is 8.28. The van der Waals surface area contributed by atoms with Crippen LogP contribution in [0.2, 0.25) is 5.02 Å². The highest BCUT2D eigenvalue weighted by Gasteiger charge is 2.28. The summed E-state index contributed by atoms with van der Waals surface area (Å²) >= 11 is 7.12. The zero-order chi connectivity index (χ0) is 19.0. The number of nitrogens with zero attached hydrogens (tertiary/aromatic N) is 4. The summed E-state index contributed by atoms with van der Waals surface area (Å²) in [4.78, 5) is 32.8. The van der Waals surface area contributed by atoms with Gasteiger partial charge in [-0.15, -0.1) is 5.10 Å². The van der Waals surface area contributed by atoms with Crippen LogP contribution < -0.4 is 0 Å². The highest BCUT2D eigenvalue weighted by molar-refractivity contribution is 7.99. The van der Waals surface area contributed by atoms with Crippen LogP contribution in [0.5, 0.6) is 0 Å². The number of ether oxygens (including phenoxy) is 1. The second-order valence-corrected chi connectivity index (χ2v) is 7.56. The fourth-order valence-corrected chi connectivity index (χ4v) is 3.86. The van der Waals surface area contributed by atoms with Gasteiger partial charge in [-0.1, -0.05) is 35.5 Å². The molecule has 0 unspecified atom stereocenters. The molecular formula is C18H15ClN4O3S. The number of benzene rings is 1. The van der Waals surface area contributed by atoms with Crippen LogP contribution in [-0.4, -0.2) is 44.2 Å². The summed E-state index contributed by atoms with van der Waals surface area (Å²) in [6.45, 7) is 0. The van der Waals surface area contributed by atoms with Gasteiger partial charge in [0.15, 0.2) is 5.78 Å². The molecular weight excluding hydrogens is 388 g/mol. The predicted molar refractivity (Wildman–Crippen MR) is 100 cm³/mol. The van der Waals surface area contributed by atoms with Crippen LogP contribution in [-0.2, 0) is 16.0 Å². The van der Waals surface area contributed by atoms with E-state index in [0.29, 0.717) is 34.4 Å². The number of halogens is 1. The van der Waals surface area contributed by atoms with E-state index in [0.717, 1.165) is 11.3 Å². The first kappa shape index (κ1) is 17.9. The third-order valence-corrected chi connectivity index (χ3v) is 5.51. The lowest BCUT2D eigenvalue weighted by Gasteiger charge is -2.23. The molecule has 7 nitrogen and oxygen atoms in total. The van der Waals surface area contributed by atoms with Crippen LogP contribution in [0, 0.1) is 0 Å². The summed E-state index contributed by atoms with van der Waals surface area (Å²) in [5.41, 5.74) is 2.36. The number of rotatable bonds is 4. The van der Waals surface area contributed by atoms with E-state index in [-0.39, 0.29) is 23.4 Å². The van der Waals surface area contributed by atoms with E-state index in [4.69, 9.17) is 11.6 Å². The Morgan fingerprint density at radius 3 is 2.81 bits per heavy atom. The summed E-state index contributed by atoms with van der Waals surface area (Å²) in [6, 6.07) is 7.55. The molecule has 1 aromatic carbocycles. The highest BCUT2D eigenvalue weighted by atomic mass is 35.5. The first-order chi connectivity index (χ1) is 13.0. The van der Waals surface area contributed by atoms with Crippen LogP contribution in [0.1, 0.15) is 34.0 Å². The first-order valence-corrected chi connectivity index (χ1v) is 9.64. The molecule has 138 valence electrons. The van der Waals surface area contributed by atoms with Gasteiger partial charge in [-0.05, 0) is 30.0 Å². The highest BCUT2D eigenvalue weighted by Crippen LogP contribution is 2.32. The molecule has 0 amide bonds. The van der Waals surface area contributed by atoms with Gasteiger partial charge in [-0.2, -0.15) is 4.98 Å². The fraction of sp³-hybridized carbons (Fsp3) is 0.278. The SMILES string of the molecule is COC(=O)CSc1nc2nc3c(cn2n1)C(=O)C[C@H](c1ccc(Cl)cc1)C3. The minimum atomic E-state index is -0.355. The predicted octanol–water partition coefficient (Wildman–Crippen LogP) is 2.96. The van der Waals surface area contributed by atoms with E-state index in [2.05, 4.69) is 19.8 Å². The largest absolute Gasteiger partial charge is 0.468 e. The molecule has 0 fully saturated rings. The molecule has 4 rings (SSSR count). The van der Waals surface area contributed by atoms with Gasteiger partial charge >= 0.3 is 5.97 Å². The van der Waals surface area contributed by atoms with E-state index >= 15 is 0 Å². The summed E-state index contributed by atoms with van der Waals surface area (Å²) in [6.07, 6.45) is 2.74. The number of ketones is 1. The maximum atomic E-state index is 12.6. The lowest BCUT2D eigenvalue weighted by Crippen LogP contribution is -2.21. The van der Waals surface area contributed by atoms with Crippen molar-refractivity contribution in [3.8, 4) is 0 Å². The zero-order valence-electron chi connectivity index (χ0n) is 14.4. The van der Waals surface area contributed by atoms with Crippen molar-refractivity contribution in [2.24, 2.45) is 0 Å². The quantitative estimate of drug-likeness (QED) is 0.489. The number of methoxy groups -OCH3 is 1. The number of thioether (sulfide) groups is 1. The minimum absolute atomic E-state index is 0.0323. The molecule has 1 atom stereocenters. The molecule has 0 bridgehead atoms. The van der Waals surface area contributed by atoms with Crippen LogP contribution in [0.3, 0.4) is 0 Å².